The smallest absolute Gasteiger partial charge is 0.253 e. The first-order valence-corrected chi connectivity index (χ1v) is 6.26. The molecular weight excluding hydrogens is 214 g/mol. The molecule has 4 nitrogen and oxygen atoms in total. The number of amides is 1. The SMILES string of the molecule is CCn1c(C)cc(C(=O)NCCCCN)c1C. The maximum atomic E-state index is 12.0. The van der Waals surface area contributed by atoms with Gasteiger partial charge < -0.3 is 15.6 Å². The lowest BCUT2D eigenvalue weighted by molar-refractivity contribution is 0.0952. The molecule has 0 aliphatic heterocycles. The highest BCUT2D eigenvalue weighted by atomic mass is 16.1. The van der Waals surface area contributed by atoms with Gasteiger partial charge in [-0.1, -0.05) is 0 Å². The van der Waals surface area contributed by atoms with Crippen LogP contribution in [-0.4, -0.2) is 23.6 Å². The Kier molecular flexibility index (Phi) is 5.22. The molecule has 0 saturated heterocycles. The van der Waals surface area contributed by atoms with Crippen molar-refractivity contribution in [2.45, 2.75) is 40.2 Å². The number of aromatic nitrogens is 1. The highest BCUT2D eigenvalue weighted by Crippen LogP contribution is 2.14. The van der Waals surface area contributed by atoms with Gasteiger partial charge in [-0.25, -0.2) is 0 Å². The second kappa shape index (κ2) is 6.45. The van der Waals surface area contributed by atoms with Crippen LogP contribution in [0.2, 0.25) is 0 Å². The van der Waals surface area contributed by atoms with E-state index in [-0.39, 0.29) is 5.91 Å². The third kappa shape index (κ3) is 3.33. The Morgan fingerprint density at radius 3 is 2.65 bits per heavy atom. The van der Waals surface area contributed by atoms with Gasteiger partial charge in [-0.05, 0) is 46.2 Å². The van der Waals surface area contributed by atoms with Crippen molar-refractivity contribution in [2.75, 3.05) is 13.1 Å². The highest BCUT2D eigenvalue weighted by molar-refractivity contribution is 5.95. The standard InChI is InChI=1S/C13H23N3O/c1-4-16-10(2)9-12(11(16)3)13(17)15-8-6-5-7-14/h9H,4-8,14H2,1-3H3,(H,15,17). The summed E-state index contributed by atoms with van der Waals surface area (Å²) < 4.78 is 2.15. The molecule has 0 aliphatic carbocycles. The minimum atomic E-state index is 0.0230. The van der Waals surface area contributed by atoms with E-state index in [1.54, 1.807) is 0 Å². The number of nitrogens with two attached hydrogens (primary N) is 1. The quantitative estimate of drug-likeness (QED) is 0.738. The average molecular weight is 237 g/mol. The van der Waals surface area contributed by atoms with E-state index < -0.39 is 0 Å². The molecule has 0 bridgehead atoms. The van der Waals surface area contributed by atoms with Gasteiger partial charge in [-0.15, -0.1) is 0 Å². The third-order valence-electron chi connectivity index (χ3n) is 3.05. The van der Waals surface area contributed by atoms with Crippen molar-refractivity contribution < 1.29 is 4.79 Å². The predicted octanol–water partition coefficient (Wildman–Crippen LogP) is 1.59. The summed E-state index contributed by atoms with van der Waals surface area (Å²) in [5.74, 6) is 0.0230. The van der Waals surface area contributed by atoms with Crippen molar-refractivity contribution in [1.29, 1.82) is 0 Å². The lowest BCUT2D eigenvalue weighted by Gasteiger charge is -2.06. The van der Waals surface area contributed by atoms with E-state index in [4.69, 9.17) is 5.73 Å². The Labute approximate surface area is 103 Å². The van der Waals surface area contributed by atoms with Crippen LogP contribution in [0.15, 0.2) is 6.07 Å². The number of unbranched alkanes of at least 4 members (excludes halogenated alkanes) is 1. The number of nitrogens with one attached hydrogen (secondary N) is 1. The van der Waals surface area contributed by atoms with Crippen molar-refractivity contribution in [3.63, 3.8) is 0 Å². The topological polar surface area (TPSA) is 60.0 Å². The minimum absolute atomic E-state index is 0.0230. The fourth-order valence-corrected chi connectivity index (χ4v) is 2.08. The molecule has 0 aliphatic rings. The third-order valence-corrected chi connectivity index (χ3v) is 3.05. The molecule has 17 heavy (non-hydrogen) atoms. The number of hydrogen-bond donors (Lipinski definition) is 2. The van der Waals surface area contributed by atoms with Crippen molar-refractivity contribution in [2.24, 2.45) is 5.73 Å². The van der Waals surface area contributed by atoms with Crippen LogP contribution in [0.4, 0.5) is 0 Å². The molecule has 3 N–H and O–H groups in total. The molecular formula is C13H23N3O. The van der Waals surface area contributed by atoms with Crippen molar-refractivity contribution in [3.8, 4) is 0 Å². The van der Waals surface area contributed by atoms with E-state index in [1.165, 1.54) is 0 Å². The van der Waals surface area contributed by atoms with Gasteiger partial charge in [0.15, 0.2) is 0 Å². The zero-order chi connectivity index (χ0) is 12.8. The summed E-state index contributed by atoms with van der Waals surface area (Å²) in [4.78, 5) is 12.0. The van der Waals surface area contributed by atoms with Crippen LogP contribution in [0, 0.1) is 13.8 Å². The van der Waals surface area contributed by atoms with Gasteiger partial charge in [0.1, 0.15) is 0 Å². The molecule has 1 rings (SSSR count). The fourth-order valence-electron chi connectivity index (χ4n) is 2.08. The Hall–Kier alpha value is -1.29. The summed E-state index contributed by atoms with van der Waals surface area (Å²) >= 11 is 0. The Morgan fingerprint density at radius 2 is 2.12 bits per heavy atom. The summed E-state index contributed by atoms with van der Waals surface area (Å²) in [5, 5.41) is 2.93. The summed E-state index contributed by atoms with van der Waals surface area (Å²) in [7, 11) is 0. The molecule has 1 amide bonds. The summed E-state index contributed by atoms with van der Waals surface area (Å²) in [6, 6.07) is 1.96. The zero-order valence-electron chi connectivity index (χ0n) is 11.0. The first kappa shape index (κ1) is 13.8. The van der Waals surface area contributed by atoms with Crippen LogP contribution in [0.25, 0.3) is 0 Å². The molecule has 0 unspecified atom stereocenters. The number of rotatable bonds is 6. The van der Waals surface area contributed by atoms with Crippen LogP contribution in [0.5, 0.6) is 0 Å². The minimum Gasteiger partial charge on any atom is -0.352 e. The fraction of sp³-hybridized carbons (Fsp3) is 0.615. The van der Waals surface area contributed by atoms with Crippen molar-refractivity contribution >= 4 is 5.91 Å². The number of aryl methyl sites for hydroxylation is 1. The lowest BCUT2D eigenvalue weighted by Crippen LogP contribution is -2.25. The molecule has 0 aromatic carbocycles. The molecule has 0 fully saturated rings. The van der Waals surface area contributed by atoms with E-state index >= 15 is 0 Å². The second-order valence-corrected chi connectivity index (χ2v) is 4.28. The molecule has 0 spiro atoms. The van der Waals surface area contributed by atoms with Crippen LogP contribution >= 0.6 is 0 Å². The molecule has 1 heterocycles. The molecule has 0 radical (unpaired) electrons. The Bertz CT molecular complexity index is 382. The highest BCUT2D eigenvalue weighted by Gasteiger charge is 2.13. The molecule has 1 aromatic heterocycles. The summed E-state index contributed by atoms with van der Waals surface area (Å²) in [6.45, 7) is 8.39. The summed E-state index contributed by atoms with van der Waals surface area (Å²) in [5.41, 5.74) is 8.37. The zero-order valence-corrected chi connectivity index (χ0v) is 11.0. The van der Waals surface area contributed by atoms with E-state index in [9.17, 15) is 4.79 Å². The monoisotopic (exact) mass is 237 g/mol. The molecule has 0 saturated carbocycles. The maximum absolute atomic E-state index is 12.0. The van der Waals surface area contributed by atoms with Crippen LogP contribution in [-0.2, 0) is 6.54 Å². The molecule has 4 heteroatoms. The first-order valence-electron chi connectivity index (χ1n) is 6.26. The van der Waals surface area contributed by atoms with E-state index in [0.29, 0.717) is 13.1 Å². The van der Waals surface area contributed by atoms with Crippen LogP contribution in [0.1, 0.15) is 41.5 Å². The number of nitrogens with zero attached hydrogens (tertiary/aromatic N) is 1. The van der Waals surface area contributed by atoms with Gasteiger partial charge in [0, 0.05) is 24.5 Å². The largest absolute Gasteiger partial charge is 0.352 e. The summed E-state index contributed by atoms with van der Waals surface area (Å²) in [6.07, 6.45) is 1.89. The molecule has 1 aromatic rings. The number of carbonyl (C=O) groups excluding carboxylic acids is 1. The maximum Gasteiger partial charge on any atom is 0.253 e. The van der Waals surface area contributed by atoms with Crippen LogP contribution in [0.3, 0.4) is 0 Å². The van der Waals surface area contributed by atoms with E-state index in [2.05, 4.69) is 16.8 Å². The number of hydrogen-bond acceptors (Lipinski definition) is 2. The van der Waals surface area contributed by atoms with E-state index in [1.807, 2.05) is 19.9 Å². The second-order valence-electron chi connectivity index (χ2n) is 4.28. The van der Waals surface area contributed by atoms with E-state index in [0.717, 1.165) is 36.3 Å². The van der Waals surface area contributed by atoms with Gasteiger partial charge >= 0.3 is 0 Å². The number of carbonyl (C=O) groups is 1. The van der Waals surface area contributed by atoms with Gasteiger partial charge in [-0.3, -0.25) is 4.79 Å². The predicted molar refractivity (Wildman–Crippen MR) is 70.2 cm³/mol. The van der Waals surface area contributed by atoms with Gasteiger partial charge in [-0.2, -0.15) is 0 Å². The van der Waals surface area contributed by atoms with Gasteiger partial charge in [0.05, 0.1) is 5.56 Å². The van der Waals surface area contributed by atoms with Crippen molar-refractivity contribution in [1.82, 2.24) is 9.88 Å². The molecule has 96 valence electrons. The van der Waals surface area contributed by atoms with Crippen molar-refractivity contribution in [3.05, 3.63) is 23.0 Å². The normalized spacial score (nSPS) is 10.6. The van der Waals surface area contributed by atoms with Crippen LogP contribution < -0.4 is 11.1 Å². The Morgan fingerprint density at radius 1 is 1.41 bits per heavy atom. The Balaban J connectivity index is 2.63. The van der Waals surface area contributed by atoms with Gasteiger partial charge in [0.2, 0.25) is 0 Å². The molecule has 0 atom stereocenters. The lowest BCUT2D eigenvalue weighted by atomic mass is 10.2. The first-order chi connectivity index (χ1) is 8.11. The average Bonchev–Trinajstić information content (AvgIpc) is 2.60. The van der Waals surface area contributed by atoms with Gasteiger partial charge in [0.25, 0.3) is 5.91 Å².